The maximum Gasteiger partial charge on any atom is 0.161 e. The van der Waals surface area contributed by atoms with E-state index in [-0.39, 0.29) is 0 Å². The zero-order chi connectivity index (χ0) is 13.5. The van der Waals surface area contributed by atoms with Gasteiger partial charge in [-0.2, -0.15) is 0 Å². The Balaban J connectivity index is 1.79. The molecule has 0 aromatic heterocycles. The number of unbranched alkanes of at least 4 members (excludes halogenated alkanes) is 1. The first-order valence-electron chi connectivity index (χ1n) is 7.07. The van der Waals surface area contributed by atoms with Gasteiger partial charge in [0, 0.05) is 6.54 Å². The second-order valence-electron chi connectivity index (χ2n) is 5.03. The number of likely N-dealkylation sites (N-methyl/N-ethyl adjacent to an activating group) is 1. The maximum atomic E-state index is 5.60. The molecule has 0 unspecified atom stereocenters. The van der Waals surface area contributed by atoms with Crippen LogP contribution in [0.3, 0.4) is 0 Å². The summed E-state index contributed by atoms with van der Waals surface area (Å²) in [7, 11) is 2.16. The Morgan fingerprint density at radius 3 is 2.68 bits per heavy atom. The van der Waals surface area contributed by atoms with Gasteiger partial charge in [0.25, 0.3) is 0 Å². The van der Waals surface area contributed by atoms with E-state index in [1.165, 1.54) is 12.0 Å². The highest BCUT2D eigenvalue weighted by molar-refractivity contribution is 5.43. The number of hydrogen-bond acceptors (Lipinski definition) is 4. The Kier molecular flexibility index (Phi) is 5.48. The van der Waals surface area contributed by atoms with Crippen molar-refractivity contribution in [3.63, 3.8) is 0 Å². The molecular formula is C15H24N2O2. The molecule has 2 N–H and O–H groups in total. The van der Waals surface area contributed by atoms with Gasteiger partial charge in [-0.25, -0.2) is 0 Å². The predicted molar refractivity (Wildman–Crippen MR) is 76.9 cm³/mol. The summed E-state index contributed by atoms with van der Waals surface area (Å²) in [4.78, 5) is 2.35. The fraction of sp³-hybridized carbons (Fsp3) is 0.600. The van der Waals surface area contributed by atoms with Crippen LogP contribution < -0.4 is 15.2 Å². The summed E-state index contributed by atoms with van der Waals surface area (Å²) < 4.78 is 11.1. The van der Waals surface area contributed by atoms with E-state index in [1.54, 1.807) is 0 Å². The third-order valence-electron chi connectivity index (χ3n) is 3.38. The second kappa shape index (κ2) is 7.36. The monoisotopic (exact) mass is 264 g/mol. The Morgan fingerprint density at radius 2 is 1.89 bits per heavy atom. The molecule has 19 heavy (non-hydrogen) atoms. The molecule has 0 aliphatic carbocycles. The topological polar surface area (TPSA) is 47.7 Å². The number of benzene rings is 1. The lowest BCUT2D eigenvalue weighted by molar-refractivity contribution is 0.171. The summed E-state index contributed by atoms with van der Waals surface area (Å²) in [6.45, 7) is 4.26. The first kappa shape index (κ1) is 14.2. The van der Waals surface area contributed by atoms with E-state index in [4.69, 9.17) is 15.2 Å². The van der Waals surface area contributed by atoms with Crippen LogP contribution in [0.1, 0.15) is 18.4 Å². The van der Waals surface area contributed by atoms with Crippen molar-refractivity contribution >= 4 is 0 Å². The highest BCUT2D eigenvalue weighted by Crippen LogP contribution is 2.30. The van der Waals surface area contributed by atoms with Gasteiger partial charge in [0.2, 0.25) is 0 Å². The molecule has 106 valence electrons. The number of rotatable bonds is 7. The number of nitrogens with two attached hydrogens (primary N) is 1. The summed E-state index contributed by atoms with van der Waals surface area (Å²) >= 11 is 0. The molecule has 0 saturated heterocycles. The summed E-state index contributed by atoms with van der Waals surface area (Å²) in [5.41, 5.74) is 6.80. The number of hydrogen-bond donors (Lipinski definition) is 1. The minimum atomic E-state index is 0.648. The van der Waals surface area contributed by atoms with Crippen LogP contribution in [0.5, 0.6) is 11.5 Å². The van der Waals surface area contributed by atoms with Crippen LogP contribution >= 0.6 is 0 Å². The van der Waals surface area contributed by atoms with E-state index < -0.39 is 0 Å². The summed E-state index contributed by atoms with van der Waals surface area (Å²) in [5.74, 6) is 1.75. The van der Waals surface area contributed by atoms with Crippen LogP contribution in [0.15, 0.2) is 18.2 Å². The summed E-state index contributed by atoms with van der Waals surface area (Å²) in [6.07, 6.45) is 3.32. The normalized spacial score (nSPS) is 13.8. The number of nitrogens with zero attached hydrogens (tertiary/aromatic N) is 1. The Bertz CT molecular complexity index is 396. The van der Waals surface area contributed by atoms with Crippen LogP contribution in [-0.4, -0.2) is 44.8 Å². The van der Waals surface area contributed by atoms with Gasteiger partial charge in [0.15, 0.2) is 11.5 Å². The highest BCUT2D eigenvalue weighted by Gasteiger charge is 2.11. The van der Waals surface area contributed by atoms with Crippen molar-refractivity contribution in [2.24, 2.45) is 5.73 Å². The van der Waals surface area contributed by atoms with Crippen molar-refractivity contribution in [3.05, 3.63) is 23.8 Å². The molecule has 0 spiro atoms. The van der Waals surface area contributed by atoms with Crippen LogP contribution in [0.25, 0.3) is 0 Å². The lowest BCUT2D eigenvalue weighted by Crippen LogP contribution is -2.23. The van der Waals surface area contributed by atoms with E-state index in [2.05, 4.69) is 24.1 Å². The molecule has 0 atom stereocenters. The van der Waals surface area contributed by atoms with Gasteiger partial charge in [0.05, 0.1) is 0 Å². The maximum absolute atomic E-state index is 5.60. The molecular weight excluding hydrogens is 240 g/mol. The molecule has 1 aliphatic heterocycles. The zero-order valence-corrected chi connectivity index (χ0v) is 11.7. The molecule has 2 rings (SSSR count). The standard InChI is InChI=1S/C15H24N2O2/c1-17(8-3-2-7-16)9-6-13-4-5-14-15(12-13)19-11-10-18-14/h4-5,12H,2-3,6-11,16H2,1H3. The van der Waals surface area contributed by atoms with E-state index in [0.717, 1.165) is 44.0 Å². The van der Waals surface area contributed by atoms with Crippen LogP contribution in [0.2, 0.25) is 0 Å². The average Bonchev–Trinajstić information content (AvgIpc) is 2.45. The highest BCUT2D eigenvalue weighted by atomic mass is 16.6. The van der Waals surface area contributed by atoms with Gasteiger partial charge >= 0.3 is 0 Å². The third-order valence-corrected chi connectivity index (χ3v) is 3.38. The smallest absolute Gasteiger partial charge is 0.161 e. The largest absolute Gasteiger partial charge is 0.486 e. The first-order chi connectivity index (χ1) is 9.29. The van der Waals surface area contributed by atoms with Gasteiger partial charge in [-0.1, -0.05) is 6.07 Å². The van der Waals surface area contributed by atoms with E-state index in [9.17, 15) is 0 Å². The zero-order valence-electron chi connectivity index (χ0n) is 11.7. The van der Waals surface area contributed by atoms with Crippen molar-refractivity contribution in [1.82, 2.24) is 4.90 Å². The fourth-order valence-electron chi connectivity index (χ4n) is 2.20. The molecule has 1 heterocycles. The van der Waals surface area contributed by atoms with Crippen molar-refractivity contribution < 1.29 is 9.47 Å². The first-order valence-corrected chi connectivity index (χ1v) is 7.07. The minimum Gasteiger partial charge on any atom is -0.486 e. The molecule has 0 bridgehead atoms. The molecule has 4 nitrogen and oxygen atoms in total. The molecule has 1 aromatic carbocycles. The second-order valence-corrected chi connectivity index (χ2v) is 5.03. The van der Waals surface area contributed by atoms with Crippen molar-refractivity contribution in [2.45, 2.75) is 19.3 Å². The lowest BCUT2D eigenvalue weighted by atomic mass is 10.1. The van der Waals surface area contributed by atoms with E-state index >= 15 is 0 Å². The van der Waals surface area contributed by atoms with Crippen LogP contribution in [-0.2, 0) is 6.42 Å². The molecule has 0 fully saturated rings. The third kappa shape index (κ3) is 4.40. The summed E-state index contributed by atoms with van der Waals surface area (Å²) in [5, 5.41) is 0. The Morgan fingerprint density at radius 1 is 1.11 bits per heavy atom. The van der Waals surface area contributed by atoms with Gasteiger partial charge in [-0.15, -0.1) is 0 Å². The van der Waals surface area contributed by atoms with Crippen LogP contribution in [0.4, 0.5) is 0 Å². The van der Waals surface area contributed by atoms with Crippen molar-refractivity contribution in [3.8, 4) is 11.5 Å². The Labute approximate surface area is 115 Å². The fourth-order valence-corrected chi connectivity index (χ4v) is 2.20. The van der Waals surface area contributed by atoms with Crippen molar-refractivity contribution in [1.29, 1.82) is 0 Å². The SMILES string of the molecule is CN(CCCCN)CCc1ccc2c(c1)OCCO2. The quantitative estimate of drug-likeness (QED) is 0.761. The predicted octanol–water partition coefficient (Wildman–Crippen LogP) is 1.67. The molecule has 4 heteroatoms. The number of ether oxygens (including phenoxy) is 2. The van der Waals surface area contributed by atoms with Gasteiger partial charge in [-0.3, -0.25) is 0 Å². The molecule has 1 aliphatic rings. The minimum absolute atomic E-state index is 0.648. The molecule has 0 saturated carbocycles. The lowest BCUT2D eigenvalue weighted by Gasteiger charge is -2.20. The summed E-state index contributed by atoms with van der Waals surface area (Å²) in [6, 6.07) is 6.24. The van der Waals surface area contributed by atoms with Gasteiger partial charge in [-0.05, 0) is 57.1 Å². The van der Waals surface area contributed by atoms with Crippen molar-refractivity contribution in [2.75, 3.05) is 39.9 Å². The van der Waals surface area contributed by atoms with Crippen LogP contribution in [0, 0.1) is 0 Å². The molecule has 0 radical (unpaired) electrons. The molecule has 0 amide bonds. The van der Waals surface area contributed by atoms with E-state index in [0.29, 0.717) is 13.2 Å². The van der Waals surface area contributed by atoms with Gasteiger partial charge < -0.3 is 20.1 Å². The Hall–Kier alpha value is -1.26. The average molecular weight is 264 g/mol. The van der Waals surface area contributed by atoms with E-state index in [1.807, 2.05) is 6.07 Å². The van der Waals surface area contributed by atoms with Gasteiger partial charge in [0.1, 0.15) is 13.2 Å². The molecule has 1 aromatic rings. The number of fused-ring (bicyclic) bond motifs is 1.